The van der Waals surface area contributed by atoms with Crippen molar-refractivity contribution in [1.29, 1.82) is 0 Å². The minimum Gasteiger partial charge on any atom is -0.378 e. The first-order valence-electron chi connectivity index (χ1n) is 9.38. The molecule has 0 aliphatic carbocycles. The van der Waals surface area contributed by atoms with E-state index in [9.17, 15) is 0 Å². The highest BCUT2D eigenvalue weighted by Crippen LogP contribution is 2.14. The average molecular weight is 356 g/mol. The van der Waals surface area contributed by atoms with Crippen molar-refractivity contribution in [3.05, 3.63) is 42.6 Å². The molecular formula is C19H28N6O. The van der Waals surface area contributed by atoms with E-state index in [-0.39, 0.29) is 0 Å². The van der Waals surface area contributed by atoms with E-state index in [0.717, 1.165) is 56.4 Å². The Kier molecular flexibility index (Phi) is 6.60. The predicted molar refractivity (Wildman–Crippen MR) is 102 cm³/mol. The van der Waals surface area contributed by atoms with Crippen LogP contribution in [0.15, 0.2) is 42.0 Å². The van der Waals surface area contributed by atoms with Crippen molar-refractivity contribution in [3.8, 4) is 5.82 Å². The van der Waals surface area contributed by atoms with Crippen molar-refractivity contribution in [1.82, 2.24) is 24.8 Å². The number of imidazole rings is 1. The lowest BCUT2D eigenvalue weighted by molar-refractivity contribution is 0.0263. The summed E-state index contributed by atoms with van der Waals surface area (Å²) in [5.74, 6) is 1.83. The van der Waals surface area contributed by atoms with Crippen LogP contribution in [-0.4, -0.2) is 57.7 Å². The molecular weight excluding hydrogens is 328 g/mol. The van der Waals surface area contributed by atoms with Crippen molar-refractivity contribution in [3.63, 3.8) is 0 Å². The zero-order valence-electron chi connectivity index (χ0n) is 15.6. The number of hydrogen-bond acceptors (Lipinski definition) is 4. The first kappa shape index (κ1) is 18.4. The normalized spacial score (nSPS) is 16.1. The standard InChI is InChI=1S/C19H28N6O/c1-3-21-19(24-10-7-17(8-11-24)26-4-2)23-14-16-5-6-18(22-13-16)25-12-9-20-15-25/h5-6,9,12-13,15,17H,3-4,7-8,10-11,14H2,1-2H3,(H,21,23). The molecule has 1 aliphatic heterocycles. The largest absolute Gasteiger partial charge is 0.378 e. The molecule has 26 heavy (non-hydrogen) atoms. The Morgan fingerprint density at radius 2 is 2.15 bits per heavy atom. The summed E-state index contributed by atoms with van der Waals surface area (Å²) in [6, 6.07) is 4.06. The van der Waals surface area contributed by atoms with Gasteiger partial charge in [-0.15, -0.1) is 0 Å². The molecule has 0 atom stereocenters. The third-order valence-corrected chi connectivity index (χ3v) is 4.47. The van der Waals surface area contributed by atoms with Crippen LogP contribution in [0.2, 0.25) is 0 Å². The second-order valence-electron chi connectivity index (χ2n) is 6.31. The second kappa shape index (κ2) is 9.33. The number of rotatable bonds is 6. The lowest BCUT2D eigenvalue weighted by Crippen LogP contribution is -2.47. The van der Waals surface area contributed by atoms with E-state index in [2.05, 4.69) is 40.1 Å². The highest BCUT2D eigenvalue weighted by Gasteiger charge is 2.21. The van der Waals surface area contributed by atoms with Crippen LogP contribution in [0.4, 0.5) is 0 Å². The number of guanidine groups is 1. The van der Waals surface area contributed by atoms with Crippen molar-refractivity contribution >= 4 is 5.96 Å². The third kappa shape index (κ3) is 4.82. The molecule has 7 heteroatoms. The summed E-state index contributed by atoms with van der Waals surface area (Å²) in [4.78, 5) is 15.7. The first-order valence-corrected chi connectivity index (χ1v) is 9.38. The first-order chi connectivity index (χ1) is 12.8. The van der Waals surface area contributed by atoms with E-state index in [1.54, 1.807) is 12.5 Å². The molecule has 3 heterocycles. The molecule has 0 amide bonds. The number of hydrogen-bond donors (Lipinski definition) is 1. The van der Waals surface area contributed by atoms with E-state index < -0.39 is 0 Å². The Morgan fingerprint density at radius 3 is 2.77 bits per heavy atom. The number of nitrogens with zero attached hydrogens (tertiary/aromatic N) is 5. The fourth-order valence-electron chi connectivity index (χ4n) is 3.12. The summed E-state index contributed by atoms with van der Waals surface area (Å²) in [7, 11) is 0. The highest BCUT2D eigenvalue weighted by atomic mass is 16.5. The Labute approximate surface area is 155 Å². The molecule has 1 fully saturated rings. The quantitative estimate of drug-likeness (QED) is 0.635. The lowest BCUT2D eigenvalue weighted by Gasteiger charge is -2.34. The number of ether oxygens (including phenoxy) is 1. The van der Waals surface area contributed by atoms with Crippen LogP contribution in [0.5, 0.6) is 0 Å². The molecule has 0 unspecified atom stereocenters. The Balaban J connectivity index is 1.60. The molecule has 1 aliphatic rings. The number of piperidine rings is 1. The second-order valence-corrected chi connectivity index (χ2v) is 6.31. The van der Waals surface area contributed by atoms with Gasteiger partial charge in [-0.1, -0.05) is 6.07 Å². The van der Waals surface area contributed by atoms with Gasteiger partial charge in [0.05, 0.1) is 12.6 Å². The van der Waals surface area contributed by atoms with E-state index in [1.165, 1.54) is 0 Å². The maximum atomic E-state index is 5.74. The Bertz CT molecular complexity index is 675. The van der Waals surface area contributed by atoms with Crippen LogP contribution in [0, 0.1) is 0 Å². The molecule has 2 aromatic heterocycles. The van der Waals surface area contributed by atoms with Gasteiger partial charge in [-0.25, -0.2) is 15.0 Å². The summed E-state index contributed by atoms with van der Waals surface area (Å²) in [5, 5.41) is 3.41. The molecule has 7 nitrogen and oxygen atoms in total. The van der Waals surface area contributed by atoms with Gasteiger partial charge in [0.2, 0.25) is 0 Å². The molecule has 140 valence electrons. The summed E-state index contributed by atoms with van der Waals surface area (Å²) in [6.45, 7) is 8.39. The van der Waals surface area contributed by atoms with E-state index >= 15 is 0 Å². The third-order valence-electron chi connectivity index (χ3n) is 4.47. The van der Waals surface area contributed by atoms with Crippen molar-refractivity contribution in [2.24, 2.45) is 4.99 Å². The fraction of sp³-hybridized carbons (Fsp3) is 0.526. The Hall–Kier alpha value is -2.41. The average Bonchev–Trinajstić information content (AvgIpc) is 3.21. The minimum absolute atomic E-state index is 0.388. The number of nitrogens with one attached hydrogen (secondary N) is 1. The molecule has 0 aromatic carbocycles. The fourth-order valence-corrected chi connectivity index (χ4v) is 3.12. The molecule has 0 spiro atoms. The predicted octanol–water partition coefficient (Wildman–Crippen LogP) is 2.23. The summed E-state index contributed by atoms with van der Waals surface area (Å²) < 4.78 is 7.63. The SMILES string of the molecule is CCNC(=NCc1ccc(-n2ccnc2)nc1)N1CCC(OCC)CC1. The van der Waals surface area contributed by atoms with Crippen LogP contribution in [0.25, 0.3) is 5.82 Å². The van der Waals surface area contributed by atoms with Gasteiger partial charge in [-0.3, -0.25) is 4.57 Å². The zero-order chi connectivity index (χ0) is 18.2. The van der Waals surface area contributed by atoms with E-state index in [4.69, 9.17) is 9.73 Å². The van der Waals surface area contributed by atoms with Crippen LogP contribution < -0.4 is 5.32 Å². The van der Waals surface area contributed by atoms with Crippen LogP contribution in [0.1, 0.15) is 32.3 Å². The van der Waals surface area contributed by atoms with E-state index in [0.29, 0.717) is 12.6 Å². The van der Waals surface area contributed by atoms with Gasteiger partial charge in [0, 0.05) is 44.8 Å². The lowest BCUT2D eigenvalue weighted by atomic mass is 10.1. The topological polar surface area (TPSA) is 67.6 Å². The maximum Gasteiger partial charge on any atom is 0.194 e. The van der Waals surface area contributed by atoms with Crippen molar-refractivity contribution < 1.29 is 4.74 Å². The maximum absolute atomic E-state index is 5.74. The molecule has 0 bridgehead atoms. The van der Waals surface area contributed by atoms with Crippen molar-refractivity contribution in [2.75, 3.05) is 26.2 Å². The van der Waals surface area contributed by atoms with Gasteiger partial charge >= 0.3 is 0 Å². The van der Waals surface area contributed by atoms with Gasteiger partial charge in [-0.05, 0) is 38.3 Å². The van der Waals surface area contributed by atoms with Crippen molar-refractivity contribution in [2.45, 2.75) is 39.3 Å². The van der Waals surface area contributed by atoms with Crippen LogP contribution >= 0.6 is 0 Å². The molecule has 1 N–H and O–H groups in total. The van der Waals surface area contributed by atoms with Gasteiger partial charge in [-0.2, -0.15) is 0 Å². The number of aromatic nitrogens is 3. The monoisotopic (exact) mass is 356 g/mol. The van der Waals surface area contributed by atoms with Crippen LogP contribution in [-0.2, 0) is 11.3 Å². The van der Waals surface area contributed by atoms with Crippen LogP contribution in [0.3, 0.4) is 0 Å². The summed E-state index contributed by atoms with van der Waals surface area (Å²) in [5.41, 5.74) is 1.09. The highest BCUT2D eigenvalue weighted by molar-refractivity contribution is 5.80. The zero-order valence-corrected chi connectivity index (χ0v) is 15.6. The molecule has 0 saturated carbocycles. The van der Waals surface area contributed by atoms with Gasteiger partial charge in [0.25, 0.3) is 0 Å². The number of likely N-dealkylation sites (tertiary alicyclic amines) is 1. The molecule has 0 radical (unpaired) electrons. The smallest absolute Gasteiger partial charge is 0.194 e. The molecule has 1 saturated heterocycles. The van der Waals surface area contributed by atoms with Gasteiger partial charge in [0.15, 0.2) is 5.96 Å². The van der Waals surface area contributed by atoms with E-state index in [1.807, 2.05) is 23.0 Å². The molecule has 2 aromatic rings. The van der Waals surface area contributed by atoms with Gasteiger partial charge < -0.3 is 15.0 Å². The molecule has 3 rings (SSSR count). The summed E-state index contributed by atoms with van der Waals surface area (Å²) in [6.07, 6.45) is 9.75. The summed E-state index contributed by atoms with van der Waals surface area (Å²) >= 11 is 0. The number of aliphatic imine (C=N–C) groups is 1. The minimum atomic E-state index is 0.388. The number of pyridine rings is 1. The van der Waals surface area contributed by atoms with Gasteiger partial charge in [0.1, 0.15) is 12.1 Å². The Morgan fingerprint density at radius 1 is 1.31 bits per heavy atom.